The highest BCUT2D eigenvalue weighted by Gasteiger charge is 2.23. The normalized spacial score (nSPS) is 16.4. The van der Waals surface area contributed by atoms with Gasteiger partial charge in [0, 0.05) is 31.9 Å². The van der Waals surface area contributed by atoms with Crippen molar-refractivity contribution in [2.45, 2.75) is 30.8 Å². The van der Waals surface area contributed by atoms with E-state index in [4.69, 9.17) is 4.74 Å². The summed E-state index contributed by atoms with van der Waals surface area (Å²) < 4.78 is 22.7. The van der Waals surface area contributed by atoms with Gasteiger partial charge in [-0.05, 0) is 29.7 Å². The molecule has 1 saturated heterocycles. The van der Waals surface area contributed by atoms with Crippen LogP contribution >= 0.6 is 11.8 Å². The summed E-state index contributed by atoms with van der Waals surface area (Å²) in [7, 11) is 0. The molecule has 1 atom stereocenters. The van der Waals surface area contributed by atoms with Gasteiger partial charge in [0.05, 0.1) is 18.3 Å². The molecule has 1 aliphatic rings. The van der Waals surface area contributed by atoms with Crippen molar-refractivity contribution in [1.82, 2.24) is 19.7 Å². The molecule has 35 heavy (non-hydrogen) atoms. The van der Waals surface area contributed by atoms with Gasteiger partial charge < -0.3 is 9.30 Å². The predicted molar refractivity (Wildman–Crippen MR) is 138 cm³/mol. The lowest BCUT2D eigenvalue weighted by molar-refractivity contribution is -0.0187. The summed E-state index contributed by atoms with van der Waals surface area (Å²) in [6.07, 6.45) is 0.923. The number of aryl methyl sites for hydroxylation is 1. The molecule has 0 bridgehead atoms. The van der Waals surface area contributed by atoms with Gasteiger partial charge in [0.1, 0.15) is 5.82 Å². The summed E-state index contributed by atoms with van der Waals surface area (Å²) in [6.45, 7) is 4.13. The molecule has 7 heteroatoms. The minimum absolute atomic E-state index is 0.105. The van der Waals surface area contributed by atoms with Crippen molar-refractivity contribution < 1.29 is 9.13 Å². The van der Waals surface area contributed by atoms with Gasteiger partial charge in [-0.2, -0.15) is 0 Å². The molecule has 0 saturated carbocycles. The Kier molecular flexibility index (Phi) is 7.88. The fourth-order valence-corrected chi connectivity index (χ4v) is 5.33. The molecule has 180 valence electrons. The largest absolute Gasteiger partial charge is 0.375 e. The van der Waals surface area contributed by atoms with E-state index in [9.17, 15) is 4.39 Å². The molecule has 5 rings (SSSR count). The zero-order valence-electron chi connectivity index (χ0n) is 19.6. The molecule has 4 aromatic rings. The lowest BCUT2D eigenvalue weighted by Crippen LogP contribution is -2.43. The zero-order chi connectivity index (χ0) is 23.9. The van der Waals surface area contributed by atoms with Crippen molar-refractivity contribution >= 4 is 11.8 Å². The summed E-state index contributed by atoms with van der Waals surface area (Å²) in [5.74, 6) is 1.05. The Hall–Kier alpha value is -3.00. The van der Waals surface area contributed by atoms with E-state index in [0.717, 1.165) is 43.6 Å². The van der Waals surface area contributed by atoms with E-state index < -0.39 is 0 Å². The van der Waals surface area contributed by atoms with E-state index in [0.29, 0.717) is 17.9 Å². The van der Waals surface area contributed by atoms with Crippen LogP contribution in [0.15, 0.2) is 90.1 Å². The molecule has 3 aromatic carbocycles. The van der Waals surface area contributed by atoms with Crippen LogP contribution in [0, 0.1) is 5.82 Å². The van der Waals surface area contributed by atoms with Gasteiger partial charge in [-0.1, -0.05) is 84.6 Å². The van der Waals surface area contributed by atoms with Crippen molar-refractivity contribution in [3.8, 4) is 11.4 Å². The van der Waals surface area contributed by atoms with Crippen molar-refractivity contribution in [3.05, 3.63) is 102 Å². The molecule has 1 aromatic heterocycles. The maximum Gasteiger partial charge on any atom is 0.191 e. The first kappa shape index (κ1) is 23.7. The predicted octanol–water partition coefficient (Wildman–Crippen LogP) is 5.32. The lowest BCUT2D eigenvalue weighted by atomic mass is 10.1. The highest BCUT2D eigenvalue weighted by Crippen LogP contribution is 2.27. The van der Waals surface area contributed by atoms with Crippen LogP contribution < -0.4 is 0 Å². The molecule has 1 aliphatic heterocycles. The molecule has 0 spiro atoms. The second-order valence-electron chi connectivity index (χ2n) is 8.70. The molecular weight excluding hydrogens is 459 g/mol. The van der Waals surface area contributed by atoms with E-state index in [1.807, 2.05) is 34.9 Å². The van der Waals surface area contributed by atoms with Gasteiger partial charge >= 0.3 is 0 Å². The standard InChI is InChI=1S/C28H29FN4OS/c29-26-14-8-7-13-25(26)27-30-31-28(33(27)16-15-22-9-3-1-4-10-22)35-21-24-20-32(17-18-34-24)19-23-11-5-2-6-12-23/h1-14,24H,15-21H2. The van der Waals surface area contributed by atoms with Crippen molar-refractivity contribution in [1.29, 1.82) is 0 Å². The number of hydrogen-bond donors (Lipinski definition) is 0. The van der Waals surface area contributed by atoms with Crippen molar-refractivity contribution in [2.24, 2.45) is 0 Å². The number of halogens is 1. The third-order valence-corrected chi connectivity index (χ3v) is 7.27. The molecule has 5 nitrogen and oxygen atoms in total. The van der Waals surface area contributed by atoms with Crippen molar-refractivity contribution in [3.63, 3.8) is 0 Å². The summed E-state index contributed by atoms with van der Waals surface area (Å²) >= 11 is 1.63. The SMILES string of the molecule is Fc1ccccc1-c1nnc(SCC2CN(Cc3ccccc3)CCO2)n1CCc1ccccc1. The highest BCUT2D eigenvalue weighted by molar-refractivity contribution is 7.99. The molecule has 0 N–H and O–H groups in total. The number of morpholine rings is 1. The average Bonchev–Trinajstić information content (AvgIpc) is 3.30. The highest BCUT2D eigenvalue weighted by atomic mass is 32.2. The van der Waals surface area contributed by atoms with Gasteiger partial charge in [0.15, 0.2) is 11.0 Å². The summed E-state index contributed by atoms with van der Waals surface area (Å²) in [4.78, 5) is 2.44. The minimum atomic E-state index is -0.287. The Labute approximate surface area is 210 Å². The molecule has 1 unspecified atom stereocenters. The van der Waals surface area contributed by atoms with E-state index in [1.165, 1.54) is 17.2 Å². The zero-order valence-corrected chi connectivity index (χ0v) is 20.4. The Balaban J connectivity index is 1.29. The maximum absolute atomic E-state index is 14.6. The number of benzene rings is 3. The average molecular weight is 489 g/mol. The van der Waals surface area contributed by atoms with E-state index in [1.54, 1.807) is 23.9 Å². The monoisotopic (exact) mass is 488 g/mol. The second-order valence-corrected chi connectivity index (χ2v) is 9.68. The maximum atomic E-state index is 14.6. The van der Waals surface area contributed by atoms with Gasteiger partial charge in [0.2, 0.25) is 0 Å². The third kappa shape index (κ3) is 6.17. The first-order valence-electron chi connectivity index (χ1n) is 12.0. The first-order valence-corrected chi connectivity index (χ1v) is 13.0. The topological polar surface area (TPSA) is 43.2 Å². The number of rotatable bonds is 9. The number of ether oxygens (including phenoxy) is 1. The summed E-state index contributed by atoms with van der Waals surface area (Å²) in [5.41, 5.74) is 3.02. The Morgan fingerprint density at radius 3 is 2.37 bits per heavy atom. The smallest absolute Gasteiger partial charge is 0.191 e. The number of hydrogen-bond acceptors (Lipinski definition) is 5. The van der Waals surface area contributed by atoms with Crippen LogP contribution in [0.25, 0.3) is 11.4 Å². The number of aromatic nitrogens is 3. The summed E-state index contributed by atoms with van der Waals surface area (Å²) in [6, 6.07) is 27.6. The van der Waals surface area contributed by atoms with Gasteiger partial charge in [-0.3, -0.25) is 4.90 Å². The molecule has 0 amide bonds. The van der Waals surface area contributed by atoms with Crippen molar-refractivity contribution in [2.75, 3.05) is 25.4 Å². The molecule has 0 radical (unpaired) electrons. The molecule has 2 heterocycles. The van der Waals surface area contributed by atoms with Crippen LogP contribution in [-0.2, 0) is 24.2 Å². The van der Waals surface area contributed by atoms with Crippen LogP contribution in [0.3, 0.4) is 0 Å². The minimum Gasteiger partial charge on any atom is -0.375 e. The van der Waals surface area contributed by atoms with Crippen LogP contribution in [0.2, 0.25) is 0 Å². The Morgan fingerprint density at radius 1 is 0.886 bits per heavy atom. The third-order valence-electron chi connectivity index (χ3n) is 6.17. The Morgan fingerprint density at radius 2 is 1.60 bits per heavy atom. The quantitative estimate of drug-likeness (QED) is 0.298. The van der Waals surface area contributed by atoms with Crippen LogP contribution in [0.4, 0.5) is 4.39 Å². The van der Waals surface area contributed by atoms with Gasteiger partial charge in [0.25, 0.3) is 0 Å². The van der Waals surface area contributed by atoms with Gasteiger partial charge in [-0.15, -0.1) is 10.2 Å². The fourth-order valence-electron chi connectivity index (χ4n) is 4.36. The fraction of sp³-hybridized carbons (Fsp3) is 0.286. The van der Waals surface area contributed by atoms with Crippen LogP contribution in [0.5, 0.6) is 0 Å². The molecular formula is C28H29FN4OS. The van der Waals surface area contributed by atoms with E-state index in [-0.39, 0.29) is 11.9 Å². The van der Waals surface area contributed by atoms with E-state index in [2.05, 4.69) is 51.5 Å². The van der Waals surface area contributed by atoms with Crippen LogP contribution in [-0.4, -0.2) is 51.2 Å². The molecule has 0 aliphatic carbocycles. The first-order chi connectivity index (χ1) is 17.3. The lowest BCUT2D eigenvalue weighted by Gasteiger charge is -2.32. The van der Waals surface area contributed by atoms with E-state index >= 15 is 0 Å². The van der Waals surface area contributed by atoms with Gasteiger partial charge in [-0.25, -0.2) is 4.39 Å². The molecule has 1 fully saturated rings. The number of thioether (sulfide) groups is 1. The van der Waals surface area contributed by atoms with Crippen LogP contribution in [0.1, 0.15) is 11.1 Å². The Bertz CT molecular complexity index is 1220. The second kappa shape index (κ2) is 11.6. The number of nitrogens with zero attached hydrogens (tertiary/aromatic N) is 4. The summed E-state index contributed by atoms with van der Waals surface area (Å²) in [5, 5.41) is 9.65.